The first-order chi connectivity index (χ1) is 8.09. The molecule has 1 fully saturated rings. The number of amides is 1. The topological polar surface area (TPSA) is 82.2 Å². The molecule has 2 rings (SSSR count). The minimum Gasteiger partial charge on any atom is -0.473 e. The molecule has 3 N–H and O–H groups in total. The molecule has 0 radical (unpaired) electrons. The largest absolute Gasteiger partial charge is 0.473 e. The SMILES string of the molecule is Cc1nn(C)c(OC2CCCNC2)c1C(N)=O. The van der Waals surface area contributed by atoms with Gasteiger partial charge in [0.1, 0.15) is 11.7 Å². The number of rotatable bonds is 3. The van der Waals surface area contributed by atoms with Crippen LogP contribution in [0, 0.1) is 6.92 Å². The second kappa shape index (κ2) is 4.75. The number of hydrogen-bond donors (Lipinski definition) is 2. The van der Waals surface area contributed by atoms with Gasteiger partial charge < -0.3 is 15.8 Å². The van der Waals surface area contributed by atoms with Crippen LogP contribution >= 0.6 is 0 Å². The number of ether oxygens (including phenoxy) is 1. The lowest BCUT2D eigenvalue weighted by molar-refractivity contribution is 0.0986. The Balaban J connectivity index is 2.21. The van der Waals surface area contributed by atoms with Crippen molar-refractivity contribution >= 4 is 5.91 Å². The van der Waals surface area contributed by atoms with Crippen molar-refractivity contribution in [2.45, 2.75) is 25.9 Å². The van der Waals surface area contributed by atoms with Gasteiger partial charge in [0, 0.05) is 13.6 Å². The summed E-state index contributed by atoms with van der Waals surface area (Å²) >= 11 is 0. The van der Waals surface area contributed by atoms with Crippen LogP contribution in [0.1, 0.15) is 28.9 Å². The maximum atomic E-state index is 11.4. The van der Waals surface area contributed by atoms with Gasteiger partial charge in [0.15, 0.2) is 0 Å². The van der Waals surface area contributed by atoms with E-state index in [9.17, 15) is 4.79 Å². The lowest BCUT2D eigenvalue weighted by atomic mass is 10.1. The van der Waals surface area contributed by atoms with E-state index in [1.54, 1.807) is 18.7 Å². The number of aryl methyl sites for hydroxylation is 2. The third-order valence-corrected chi connectivity index (χ3v) is 2.95. The standard InChI is InChI=1S/C11H18N4O2/c1-7-9(10(12)16)11(15(2)14-7)17-8-4-3-5-13-6-8/h8,13H,3-6H2,1-2H3,(H2,12,16). The molecule has 1 saturated heterocycles. The first-order valence-corrected chi connectivity index (χ1v) is 5.80. The van der Waals surface area contributed by atoms with Gasteiger partial charge in [-0.3, -0.25) is 4.79 Å². The van der Waals surface area contributed by atoms with Crippen molar-refractivity contribution in [3.05, 3.63) is 11.3 Å². The first kappa shape index (κ1) is 11.9. The van der Waals surface area contributed by atoms with Gasteiger partial charge in [0.2, 0.25) is 5.88 Å². The van der Waals surface area contributed by atoms with Gasteiger partial charge in [-0.2, -0.15) is 5.10 Å². The van der Waals surface area contributed by atoms with Gasteiger partial charge in [-0.15, -0.1) is 0 Å². The van der Waals surface area contributed by atoms with E-state index < -0.39 is 5.91 Å². The predicted molar refractivity (Wildman–Crippen MR) is 63.0 cm³/mol. The molecular weight excluding hydrogens is 220 g/mol. The molecule has 6 heteroatoms. The molecule has 1 aromatic heterocycles. The first-order valence-electron chi connectivity index (χ1n) is 5.80. The number of carbonyl (C=O) groups excluding carboxylic acids is 1. The average molecular weight is 238 g/mol. The Labute approximate surface area is 100 Å². The van der Waals surface area contributed by atoms with Crippen LogP contribution in [0.3, 0.4) is 0 Å². The van der Waals surface area contributed by atoms with Crippen LogP contribution in [0.2, 0.25) is 0 Å². The Morgan fingerprint density at radius 2 is 2.41 bits per heavy atom. The van der Waals surface area contributed by atoms with Crippen molar-refractivity contribution in [3.8, 4) is 5.88 Å². The maximum Gasteiger partial charge on any atom is 0.256 e. The third kappa shape index (κ3) is 2.41. The summed E-state index contributed by atoms with van der Waals surface area (Å²) < 4.78 is 7.41. The van der Waals surface area contributed by atoms with Crippen molar-refractivity contribution in [1.82, 2.24) is 15.1 Å². The minimum atomic E-state index is -0.491. The smallest absolute Gasteiger partial charge is 0.256 e. The van der Waals surface area contributed by atoms with Crippen LogP contribution in [0.5, 0.6) is 5.88 Å². The molecule has 6 nitrogen and oxygen atoms in total. The molecule has 0 bridgehead atoms. The van der Waals surface area contributed by atoms with Crippen LogP contribution in [0.15, 0.2) is 0 Å². The van der Waals surface area contributed by atoms with E-state index in [1.807, 2.05) is 0 Å². The zero-order valence-electron chi connectivity index (χ0n) is 10.2. The van der Waals surface area contributed by atoms with Crippen LogP contribution in [-0.4, -0.2) is 34.9 Å². The summed E-state index contributed by atoms with van der Waals surface area (Å²) in [6.07, 6.45) is 2.14. The molecule has 1 amide bonds. The van der Waals surface area contributed by atoms with Crippen molar-refractivity contribution in [2.24, 2.45) is 12.8 Å². The van der Waals surface area contributed by atoms with E-state index >= 15 is 0 Å². The highest BCUT2D eigenvalue weighted by Gasteiger charge is 2.23. The number of primary amides is 1. The van der Waals surface area contributed by atoms with Gasteiger partial charge in [0.25, 0.3) is 5.91 Å². The second-order valence-electron chi connectivity index (χ2n) is 4.34. The molecule has 0 aromatic carbocycles. The molecule has 1 aliphatic heterocycles. The number of nitrogens with zero attached hydrogens (tertiary/aromatic N) is 2. The van der Waals surface area contributed by atoms with E-state index in [4.69, 9.17) is 10.5 Å². The highest BCUT2D eigenvalue weighted by molar-refractivity contribution is 5.96. The fourth-order valence-corrected chi connectivity index (χ4v) is 2.13. The summed E-state index contributed by atoms with van der Waals surface area (Å²) in [6.45, 7) is 3.57. The molecule has 0 saturated carbocycles. The molecule has 1 aromatic rings. The molecule has 1 unspecified atom stereocenters. The van der Waals surface area contributed by atoms with Crippen LogP contribution in [-0.2, 0) is 7.05 Å². The normalized spacial score (nSPS) is 20.2. The summed E-state index contributed by atoms with van der Waals surface area (Å²) in [6, 6.07) is 0. The number of hydrogen-bond acceptors (Lipinski definition) is 4. The highest BCUT2D eigenvalue weighted by atomic mass is 16.5. The highest BCUT2D eigenvalue weighted by Crippen LogP contribution is 2.23. The summed E-state index contributed by atoms with van der Waals surface area (Å²) in [5.74, 6) is -0.0157. The summed E-state index contributed by atoms with van der Waals surface area (Å²) in [7, 11) is 1.75. The lowest BCUT2D eigenvalue weighted by Crippen LogP contribution is -2.37. The average Bonchev–Trinajstić information content (AvgIpc) is 2.55. The van der Waals surface area contributed by atoms with Gasteiger partial charge in [-0.05, 0) is 26.3 Å². The van der Waals surface area contributed by atoms with Crippen molar-refractivity contribution < 1.29 is 9.53 Å². The molecule has 0 spiro atoms. The molecule has 94 valence electrons. The van der Waals surface area contributed by atoms with E-state index in [2.05, 4.69) is 10.4 Å². The van der Waals surface area contributed by atoms with E-state index in [0.717, 1.165) is 25.9 Å². The Morgan fingerprint density at radius 3 is 3.00 bits per heavy atom. The van der Waals surface area contributed by atoms with Crippen LogP contribution in [0.4, 0.5) is 0 Å². The lowest BCUT2D eigenvalue weighted by Gasteiger charge is -2.24. The molecule has 0 aliphatic carbocycles. The maximum absolute atomic E-state index is 11.4. The van der Waals surface area contributed by atoms with Gasteiger partial charge in [0.05, 0.1) is 5.69 Å². The fraction of sp³-hybridized carbons (Fsp3) is 0.636. The van der Waals surface area contributed by atoms with Gasteiger partial charge >= 0.3 is 0 Å². The number of piperidine rings is 1. The molecule has 1 atom stereocenters. The van der Waals surface area contributed by atoms with E-state index in [-0.39, 0.29) is 6.10 Å². The fourth-order valence-electron chi connectivity index (χ4n) is 2.13. The van der Waals surface area contributed by atoms with Crippen molar-refractivity contribution in [1.29, 1.82) is 0 Å². The quantitative estimate of drug-likeness (QED) is 0.774. The number of aromatic nitrogens is 2. The van der Waals surface area contributed by atoms with Gasteiger partial charge in [-0.25, -0.2) is 4.68 Å². The summed E-state index contributed by atoms with van der Waals surface area (Å²) in [5, 5.41) is 7.43. The monoisotopic (exact) mass is 238 g/mol. The Bertz CT molecular complexity index is 421. The number of nitrogens with one attached hydrogen (secondary N) is 1. The number of carbonyl (C=O) groups is 1. The van der Waals surface area contributed by atoms with Gasteiger partial charge in [-0.1, -0.05) is 0 Å². The van der Waals surface area contributed by atoms with Crippen molar-refractivity contribution in [3.63, 3.8) is 0 Å². The van der Waals surface area contributed by atoms with E-state index in [1.165, 1.54) is 0 Å². The predicted octanol–water partition coefficient (Wildman–Crippen LogP) is -0.0418. The van der Waals surface area contributed by atoms with Crippen LogP contribution in [0.25, 0.3) is 0 Å². The molecule has 1 aliphatic rings. The molecule has 2 heterocycles. The molecule has 17 heavy (non-hydrogen) atoms. The Hall–Kier alpha value is -1.56. The van der Waals surface area contributed by atoms with E-state index in [0.29, 0.717) is 17.1 Å². The van der Waals surface area contributed by atoms with Crippen LogP contribution < -0.4 is 15.8 Å². The van der Waals surface area contributed by atoms with Crippen molar-refractivity contribution in [2.75, 3.05) is 13.1 Å². The minimum absolute atomic E-state index is 0.0802. The zero-order chi connectivity index (χ0) is 12.4. The number of nitrogens with two attached hydrogens (primary N) is 1. The molecular formula is C11H18N4O2. The Morgan fingerprint density at radius 1 is 1.65 bits per heavy atom. The zero-order valence-corrected chi connectivity index (χ0v) is 10.2. The summed E-state index contributed by atoms with van der Waals surface area (Å²) in [5.41, 5.74) is 6.34. The Kier molecular flexibility index (Phi) is 3.33. The second-order valence-corrected chi connectivity index (χ2v) is 4.34. The third-order valence-electron chi connectivity index (χ3n) is 2.95. The summed E-state index contributed by atoms with van der Waals surface area (Å²) in [4.78, 5) is 11.4.